The number of alkyl halides is 3. The van der Waals surface area contributed by atoms with Crippen molar-refractivity contribution in [3.05, 3.63) is 77.6 Å². The first-order chi connectivity index (χ1) is 27.0. The lowest BCUT2D eigenvalue weighted by atomic mass is 10.0. The van der Waals surface area contributed by atoms with Gasteiger partial charge in [0.05, 0.1) is 29.4 Å². The van der Waals surface area contributed by atoms with E-state index in [1.165, 1.54) is 43.0 Å². The monoisotopic (exact) mass is 811 g/mol. The summed E-state index contributed by atoms with van der Waals surface area (Å²) in [7, 11) is 0. The Balaban J connectivity index is 0.00000200. The molecule has 0 aromatic heterocycles. The van der Waals surface area contributed by atoms with Gasteiger partial charge in [0.15, 0.2) is 16.7 Å². The van der Waals surface area contributed by atoms with E-state index in [9.17, 15) is 32.3 Å². The first kappa shape index (κ1) is 42.0. The van der Waals surface area contributed by atoms with Crippen LogP contribution in [0.5, 0.6) is 5.75 Å². The molecule has 3 aromatic rings. The number of anilines is 4. The molecule has 0 saturated carbocycles. The molecule has 3 aliphatic heterocycles. The number of ether oxygens (including phenoxy) is 1. The molecule has 3 heterocycles. The quantitative estimate of drug-likeness (QED) is 0.0980. The van der Waals surface area contributed by atoms with Crippen LogP contribution in [0.2, 0.25) is 0 Å². The molecule has 0 radical (unpaired) electrons. The molecule has 0 aliphatic carbocycles. The first-order valence-corrected chi connectivity index (χ1v) is 17.9. The Morgan fingerprint density at radius 3 is 2.35 bits per heavy atom. The van der Waals surface area contributed by atoms with Gasteiger partial charge in [-0.05, 0) is 93.9 Å². The minimum absolute atomic E-state index is 0.0336. The fraction of sp³-hybridized carbons (Fsp3) is 0.342. The Morgan fingerprint density at radius 1 is 1.05 bits per heavy atom. The normalized spacial score (nSPS) is 18.6. The highest BCUT2D eigenvalue weighted by Crippen LogP contribution is 2.40. The van der Waals surface area contributed by atoms with Crippen molar-refractivity contribution in [3.8, 4) is 11.8 Å². The van der Waals surface area contributed by atoms with E-state index in [-0.39, 0.29) is 59.6 Å². The van der Waals surface area contributed by atoms with E-state index in [2.05, 4.69) is 16.0 Å². The van der Waals surface area contributed by atoms with Crippen LogP contribution in [0.4, 0.5) is 40.3 Å². The Bertz CT molecular complexity index is 2120. The number of carbonyl (C=O) groups excluding carboxylic acids is 4. The molecule has 3 aliphatic rings. The number of halogens is 4. The van der Waals surface area contributed by atoms with Crippen LogP contribution in [0.3, 0.4) is 0 Å². The summed E-state index contributed by atoms with van der Waals surface area (Å²) in [5, 5.41) is 24.1. The number of likely N-dealkylation sites (tertiary alicyclic amines) is 1. The van der Waals surface area contributed by atoms with Crippen molar-refractivity contribution >= 4 is 70.2 Å². The number of hydrogen-bond acceptors (Lipinski definition) is 10. The van der Waals surface area contributed by atoms with Crippen LogP contribution < -0.4 is 30.5 Å². The van der Waals surface area contributed by atoms with Crippen LogP contribution in [0.15, 0.2) is 60.7 Å². The van der Waals surface area contributed by atoms with Gasteiger partial charge in [-0.2, -0.15) is 18.4 Å². The summed E-state index contributed by atoms with van der Waals surface area (Å²) in [5.41, 5.74) is -2.04. The third-order valence-electron chi connectivity index (χ3n) is 9.45. The number of rotatable bonds is 9. The second kappa shape index (κ2) is 17.3. The molecular formula is C38H37F4N7O7S. The van der Waals surface area contributed by atoms with Crippen molar-refractivity contribution in [1.82, 2.24) is 10.2 Å². The standard InChI is InChI=1S/C37H35F4N7O5S.CH2O2/c1-36(2)34(52)47(24-7-6-21(19-42)27(17-24)37(39,40)41)35(54)48(36)25-8-10-30(28(38)18-25)53-26-12-14-46(15-13-26)20-32(50)44-23-5-3-4-22(16-23)43-29-9-11-31(49)45-33(29)51;2-1-3/h3-8,10,16-18,26,29,43H,9,11-15,20H2,1-2H3,(H,44,50)(H,45,49,51);1H,(H,2,3). The summed E-state index contributed by atoms with van der Waals surface area (Å²) in [5.74, 6) is -2.35. The third-order valence-corrected chi connectivity index (χ3v) is 9.82. The van der Waals surface area contributed by atoms with E-state index in [1.54, 1.807) is 24.3 Å². The van der Waals surface area contributed by atoms with Crippen molar-refractivity contribution in [2.75, 3.05) is 40.1 Å². The Morgan fingerprint density at radius 2 is 1.72 bits per heavy atom. The number of carbonyl (C=O) groups is 5. The van der Waals surface area contributed by atoms with Crippen molar-refractivity contribution in [3.63, 3.8) is 0 Å². The zero-order valence-corrected chi connectivity index (χ0v) is 31.4. The molecule has 6 rings (SSSR count). The van der Waals surface area contributed by atoms with Crippen LogP contribution in [-0.4, -0.2) is 82.5 Å². The van der Waals surface area contributed by atoms with Crippen molar-refractivity contribution < 1.29 is 51.4 Å². The largest absolute Gasteiger partial charge is 0.487 e. The maximum atomic E-state index is 15.5. The lowest BCUT2D eigenvalue weighted by Crippen LogP contribution is -2.47. The number of nitrogens with zero attached hydrogens (tertiary/aromatic N) is 4. The molecule has 4 amide bonds. The fourth-order valence-electron chi connectivity index (χ4n) is 6.67. The third kappa shape index (κ3) is 9.64. The minimum Gasteiger partial charge on any atom is -0.487 e. The molecule has 0 spiro atoms. The molecular weight excluding hydrogens is 775 g/mol. The van der Waals surface area contributed by atoms with Gasteiger partial charge < -0.3 is 25.4 Å². The highest BCUT2D eigenvalue weighted by molar-refractivity contribution is 7.81. The molecule has 3 saturated heterocycles. The van der Waals surface area contributed by atoms with Gasteiger partial charge in [-0.3, -0.25) is 39.1 Å². The number of piperidine rings is 2. The maximum Gasteiger partial charge on any atom is 0.417 e. The number of thiocarbonyl (C=S) groups is 1. The summed E-state index contributed by atoms with van der Waals surface area (Å²) < 4.78 is 62.5. The molecule has 4 N–H and O–H groups in total. The van der Waals surface area contributed by atoms with E-state index >= 15 is 4.39 Å². The van der Waals surface area contributed by atoms with E-state index in [0.29, 0.717) is 49.8 Å². The highest BCUT2D eigenvalue weighted by atomic mass is 32.1. The summed E-state index contributed by atoms with van der Waals surface area (Å²) in [6.07, 6.45) is -3.57. The predicted molar refractivity (Wildman–Crippen MR) is 203 cm³/mol. The predicted octanol–water partition coefficient (Wildman–Crippen LogP) is 5.03. The van der Waals surface area contributed by atoms with Crippen LogP contribution in [0, 0.1) is 17.1 Å². The fourth-order valence-corrected chi connectivity index (χ4v) is 7.19. The number of nitriles is 1. The van der Waals surface area contributed by atoms with Crippen LogP contribution in [0.1, 0.15) is 50.7 Å². The lowest BCUT2D eigenvalue weighted by molar-refractivity contribution is -0.138. The first-order valence-electron chi connectivity index (χ1n) is 17.5. The average Bonchev–Trinajstić information content (AvgIpc) is 3.32. The van der Waals surface area contributed by atoms with Gasteiger partial charge in [0, 0.05) is 42.6 Å². The SMILES string of the molecule is CC1(C)C(=O)N(c2ccc(C#N)c(C(F)(F)F)c2)C(=S)N1c1ccc(OC2CCN(CC(=O)Nc3cccc(NC4CCC(=O)NC4=O)c3)CC2)c(F)c1.O=CO. The van der Waals surface area contributed by atoms with Gasteiger partial charge in [-0.25, -0.2) is 4.39 Å². The molecule has 300 valence electrons. The summed E-state index contributed by atoms with van der Waals surface area (Å²) >= 11 is 5.55. The van der Waals surface area contributed by atoms with Crippen LogP contribution >= 0.6 is 12.2 Å². The minimum atomic E-state index is -4.85. The molecule has 0 bridgehead atoms. The molecule has 14 nitrogen and oxygen atoms in total. The van der Waals surface area contributed by atoms with Gasteiger partial charge in [0.1, 0.15) is 17.7 Å². The smallest absolute Gasteiger partial charge is 0.417 e. The number of benzene rings is 3. The molecule has 1 unspecified atom stereocenters. The molecule has 1 atom stereocenters. The second-order valence-corrected chi connectivity index (χ2v) is 14.1. The highest BCUT2D eigenvalue weighted by Gasteiger charge is 2.51. The van der Waals surface area contributed by atoms with Gasteiger partial charge in [-0.1, -0.05) is 6.07 Å². The zero-order valence-electron chi connectivity index (χ0n) is 30.6. The van der Waals surface area contributed by atoms with Gasteiger partial charge >= 0.3 is 6.18 Å². The Kier molecular flexibility index (Phi) is 12.8. The molecule has 3 fully saturated rings. The van der Waals surface area contributed by atoms with E-state index in [0.717, 1.165) is 17.0 Å². The Hall–Kier alpha value is -6.13. The van der Waals surface area contributed by atoms with E-state index in [4.69, 9.17) is 32.1 Å². The van der Waals surface area contributed by atoms with Crippen molar-refractivity contribution in [2.45, 2.75) is 63.4 Å². The number of nitrogens with one attached hydrogen (secondary N) is 3. The van der Waals surface area contributed by atoms with Crippen molar-refractivity contribution in [1.29, 1.82) is 5.26 Å². The van der Waals surface area contributed by atoms with Crippen LogP contribution in [0.25, 0.3) is 0 Å². The summed E-state index contributed by atoms with van der Waals surface area (Å²) in [6, 6.07) is 14.8. The molecule has 3 aromatic carbocycles. The number of imide groups is 1. The number of hydrogen-bond donors (Lipinski definition) is 4. The maximum absolute atomic E-state index is 15.5. The summed E-state index contributed by atoms with van der Waals surface area (Å²) in [6.45, 7) is 3.92. The Labute approximate surface area is 329 Å². The van der Waals surface area contributed by atoms with Gasteiger partial charge in [-0.15, -0.1) is 0 Å². The zero-order chi connectivity index (χ0) is 41.7. The molecule has 57 heavy (non-hydrogen) atoms. The van der Waals surface area contributed by atoms with Gasteiger partial charge in [0.25, 0.3) is 12.4 Å². The topological polar surface area (TPSA) is 184 Å². The number of carboxylic acid groups (broad SMARTS) is 1. The van der Waals surface area contributed by atoms with E-state index < -0.39 is 46.5 Å². The van der Waals surface area contributed by atoms with Gasteiger partial charge in [0.2, 0.25) is 17.7 Å². The summed E-state index contributed by atoms with van der Waals surface area (Å²) in [4.78, 5) is 62.5. The lowest BCUT2D eigenvalue weighted by Gasteiger charge is -2.32. The molecule has 19 heteroatoms. The van der Waals surface area contributed by atoms with E-state index in [1.807, 2.05) is 4.90 Å². The van der Waals surface area contributed by atoms with Crippen molar-refractivity contribution in [2.24, 2.45) is 0 Å². The second-order valence-electron chi connectivity index (χ2n) is 13.7. The average molecular weight is 812 g/mol. The van der Waals surface area contributed by atoms with Crippen LogP contribution in [-0.2, 0) is 30.1 Å². The number of amides is 4.